The van der Waals surface area contributed by atoms with Gasteiger partial charge in [0.05, 0.1) is 31.5 Å². The number of rotatable bonds is 20. The molecular weight excluding hydrogens is 778 g/mol. The zero-order chi connectivity index (χ0) is 44.1. The minimum Gasteiger partial charge on any atom is -0.394 e. The van der Waals surface area contributed by atoms with Crippen LogP contribution in [-0.4, -0.2) is 196 Å². The first-order valence-electron chi connectivity index (χ1n) is 21.2. The van der Waals surface area contributed by atoms with E-state index >= 15 is 0 Å². The van der Waals surface area contributed by atoms with Crippen molar-refractivity contribution in [2.45, 2.75) is 146 Å². The monoisotopic (exact) mass is 849 g/mol. The van der Waals surface area contributed by atoms with E-state index < -0.39 is 97.4 Å². The smallest absolute Gasteiger partial charge is 0.251 e. The lowest BCUT2D eigenvalue weighted by molar-refractivity contribution is -0.207. The lowest BCUT2D eigenvalue weighted by Crippen LogP contribution is -2.62. The first-order valence-corrected chi connectivity index (χ1v) is 21.2. The zero-order valence-electron chi connectivity index (χ0n) is 34.4. The fourth-order valence-corrected chi connectivity index (χ4v) is 11.4. The second kappa shape index (κ2) is 20.8. The summed E-state index contributed by atoms with van der Waals surface area (Å²) in [5, 5.41) is 136. The predicted molar refractivity (Wildman–Crippen MR) is 207 cm³/mol. The number of fused-ring (bicyclic) bond motifs is 5. The number of nitrogens with one attached hydrogen (secondary N) is 2. The van der Waals surface area contributed by atoms with Gasteiger partial charge in [0.1, 0.15) is 36.6 Å². The molecule has 4 aliphatic rings. The molecule has 4 saturated carbocycles. The third-order valence-corrected chi connectivity index (χ3v) is 15.1. The van der Waals surface area contributed by atoms with Crippen LogP contribution >= 0.6 is 0 Å². The molecule has 0 unspecified atom stereocenters. The number of hydrogen-bond acceptors (Lipinski definition) is 16. The minimum atomic E-state index is -2.21. The van der Waals surface area contributed by atoms with Crippen molar-refractivity contribution in [2.75, 3.05) is 39.4 Å². The fourth-order valence-electron chi connectivity index (χ4n) is 11.4. The second-order valence-corrected chi connectivity index (χ2v) is 18.4. The molecule has 0 saturated heterocycles. The van der Waals surface area contributed by atoms with E-state index in [2.05, 4.69) is 24.5 Å². The summed E-state index contributed by atoms with van der Waals surface area (Å²) in [6.07, 6.45) is -12.5. The maximum Gasteiger partial charge on any atom is 0.251 e. The van der Waals surface area contributed by atoms with E-state index in [1.807, 2.05) is 6.92 Å². The first kappa shape index (κ1) is 49.5. The first-order chi connectivity index (χ1) is 27.6. The molecule has 4 rings (SSSR count). The number of carbonyl (C=O) groups is 3. The van der Waals surface area contributed by atoms with Crippen LogP contribution in [0, 0.1) is 46.3 Å². The molecule has 0 aromatic carbocycles. The SMILES string of the molecule is C[C@H](CCC(=O)N(CCNC(=O)[C@H](O)[C@H](O)[C@@H](O)[C@@H](O)CO)CCNC(=O)[C@H](O)[C@H](O)[C@H](O)[C@H](O)CO)[C@H]1CC[C@H]2[C@@H]3[C@H](O)C[C@@H]4C[C@H](O)CC[C@]4(C)[C@H]3C[C@H](O)[C@]12C. The summed E-state index contributed by atoms with van der Waals surface area (Å²) in [6, 6.07) is 0. The molecule has 0 aliphatic heterocycles. The Labute approximate surface area is 345 Å². The molecule has 0 aromatic heterocycles. The van der Waals surface area contributed by atoms with Gasteiger partial charge < -0.3 is 81.9 Å². The maximum absolute atomic E-state index is 13.8. The Balaban J connectivity index is 1.41. The van der Waals surface area contributed by atoms with Crippen LogP contribution < -0.4 is 10.6 Å². The minimum absolute atomic E-state index is 0.0184. The fraction of sp³-hybridized carbons (Fsp3) is 0.925. The normalized spacial score (nSPS) is 36.3. The van der Waals surface area contributed by atoms with Crippen LogP contribution in [0.15, 0.2) is 0 Å². The van der Waals surface area contributed by atoms with Gasteiger partial charge in [0, 0.05) is 32.6 Å². The van der Waals surface area contributed by atoms with Crippen molar-refractivity contribution in [3.63, 3.8) is 0 Å². The number of aliphatic hydroxyl groups is 13. The highest BCUT2D eigenvalue weighted by molar-refractivity contribution is 5.82. The Morgan fingerprint density at radius 1 is 0.712 bits per heavy atom. The standard InChI is InChI=1S/C40H71N3O16/c1-19(22-5-6-23-30-24(16-28(50)40(22,23)3)39(2)9-8-21(46)14-20(39)15-25(30)47)4-7-29(51)43(12-10-41-37(58)35(56)33(54)31(52)26(48)17-44)13-11-42-38(59)36(57)34(55)32(53)27(49)18-45/h19-28,30-36,44-50,52-57H,4-18H2,1-3H3,(H,41,58)(H,42,59)/t19-,20+,21-,22-,23+,24+,25-,26-,27+,28+,30+,31-,32+,33-,34-,35-,36-,39+,40-/m1/s1. The summed E-state index contributed by atoms with van der Waals surface area (Å²) in [4.78, 5) is 40.2. The van der Waals surface area contributed by atoms with Gasteiger partial charge in [-0.2, -0.15) is 0 Å². The Morgan fingerprint density at radius 2 is 1.24 bits per heavy atom. The van der Waals surface area contributed by atoms with Gasteiger partial charge in [0.25, 0.3) is 11.8 Å². The molecule has 19 atom stereocenters. The molecule has 19 nitrogen and oxygen atoms in total. The summed E-state index contributed by atoms with van der Waals surface area (Å²) in [6.45, 7) is 3.62. The maximum atomic E-state index is 13.8. The molecule has 59 heavy (non-hydrogen) atoms. The average molecular weight is 850 g/mol. The molecule has 0 radical (unpaired) electrons. The molecule has 4 fully saturated rings. The summed E-state index contributed by atoms with van der Waals surface area (Å²) in [5.41, 5.74) is -0.582. The summed E-state index contributed by atoms with van der Waals surface area (Å²) in [7, 11) is 0. The van der Waals surface area contributed by atoms with E-state index in [0.29, 0.717) is 32.1 Å². The van der Waals surface area contributed by atoms with Crippen molar-refractivity contribution < 1.29 is 80.8 Å². The largest absolute Gasteiger partial charge is 0.394 e. The quantitative estimate of drug-likeness (QED) is 0.0547. The Morgan fingerprint density at radius 3 is 1.75 bits per heavy atom. The summed E-state index contributed by atoms with van der Waals surface area (Å²) >= 11 is 0. The van der Waals surface area contributed by atoms with Crippen LogP contribution in [0.25, 0.3) is 0 Å². The van der Waals surface area contributed by atoms with E-state index in [4.69, 9.17) is 10.2 Å². The van der Waals surface area contributed by atoms with E-state index in [1.165, 1.54) is 4.90 Å². The number of hydrogen-bond donors (Lipinski definition) is 15. The zero-order valence-corrected chi connectivity index (χ0v) is 34.4. The molecule has 4 aliphatic carbocycles. The average Bonchev–Trinajstić information content (AvgIpc) is 3.58. The van der Waals surface area contributed by atoms with Crippen molar-refractivity contribution in [1.29, 1.82) is 0 Å². The highest BCUT2D eigenvalue weighted by Crippen LogP contribution is 2.68. The molecule has 3 amide bonds. The van der Waals surface area contributed by atoms with Crippen LogP contribution in [0.1, 0.15) is 78.6 Å². The molecule has 15 N–H and O–H groups in total. The highest BCUT2D eigenvalue weighted by Gasteiger charge is 2.65. The van der Waals surface area contributed by atoms with Gasteiger partial charge in [0.15, 0.2) is 12.2 Å². The number of carbonyl (C=O) groups excluding carboxylic acids is 3. The lowest BCUT2D eigenvalue weighted by atomic mass is 9.43. The molecule has 0 bridgehead atoms. The molecule has 19 heteroatoms. The van der Waals surface area contributed by atoms with Crippen LogP contribution in [-0.2, 0) is 14.4 Å². The highest BCUT2D eigenvalue weighted by atomic mass is 16.4. The Hall–Kier alpha value is -2.11. The Kier molecular flexibility index (Phi) is 17.5. The van der Waals surface area contributed by atoms with Gasteiger partial charge >= 0.3 is 0 Å². The van der Waals surface area contributed by atoms with Crippen LogP contribution in [0.3, 0.4) is 0 Å². The van der Waals surface area contributed by atoms with Crippen molar-refractivity contribution in [3.05, 3.63) is 0 Å². The van der Waals surface area contributed by atoms with Gasteiger partial charge in [-0.1, -0.05) is 20.8 Å². The van der Waals surface area contributed by atoms with Crippen LogP contribution in [0.4, 0.5) is 0 Å². The Bertz CT molecular complexity index is 1350. The van der Waals surface area contributed by atoms with Gasteiger partial charge in [-0.05, 0) is 97.7 Å². The molecule has 0 heterocycles. The van der Waals surface area contributed by atoms with Gasteiger partial charge in [-0.25, -0.2) is 0 Å². The van der Waals surface area contributed by atoms with Crippen molar-refractivity contribution in [1.82, 2.24) is 15.5 Å². The third-order valence-electron chi connectivity index (χ3n) is 15.1. The second-order valence-electron chi connectivity index (χ2n) is 18.4. The van der Waals surface area contributed by atoms with Crippen molar-refractivity contribution in [3.8, 4) is 0 Å². The van der Waals surface area contributed by atoms with Gasteiger partial charge in [-0.3, -0.25) is 14.4 Å². The molecule has 0 aromatic rings. The lowest BCUT2D eigenvalue weighted by Gasteiger charge is -2.63. The third kappa shape index (κ3) is 10.6. The van der Waals surface area contributed by atoms with Crippen molar-refractivity contribution in [2.24, 2.45) is 46.3 Å². The summed E-state index contributed by atoms with van der Waals surface area (Å²) in [5.74, 6) is -2.28. The van der Waals surface area contributed by atoms with E-state index in [-0.39, 0.29) is 79.6 Å². The number of nitrogens with zero attached hydrogens (tertiary/aromatic N) is 1. The van der Waals surface area contributed by atoms with Crippen LogP contribution in [0.2, 0.25) is 0 Å². The van der Waals surface area contributed by atoms with Gasteiger partial charge in [0.2, 0.25) is 5.91 Å². The van der Waals surface area contributed by atoms with Crippen LogP contribution in [0.5, 0.6) is 0 Å². The molecule has 342 valence electrons. The topological polar surface area (TPSA) is 342 Å². The number of aliphatic hydroxyl groups excluding tert-OH is 13. The molecule has 0 spiro atoms. The number of amides is 3. The van der Waals surface area contributed by atoms with Crippen molar-refractivity contribution >= 4 is 17.7 Å². The van der Waals surface area contributed by atoms with Gasteiger partial charge in [-0.15, -0.1) is 0 Å². The predicted octanol–water partition coefficient (Wildman–Crippen LogP) is -4.70. The van der Waals surface area contributed by atoms with E-state index in [9.17, 15) is 70.6 Å². The molecular formula is C40H71N3O16. The van der Waals surface area contributed by atoms with E-state index in [0.717, 1.165) is 19.3 Å². The summed E-state index contributed by atoms with van der Waals surface area (Å²) < 4.78 is 0. The van der Waals surface area contributed by atoms with E-state index in [1.54, 1.807) is 0 Å².